The minimum atomic E-state index is 0.0924. The van der Waals surface area contributed by atoms with Gasteiger partial charge in [0, 0.05) is 32.1 Å². The van der Waals surface area contributed by atoms with Gasteiger partial charge < -0.3 is 9.80 Å². The standard InChI is InChI=1S/C17H34N2O/c1-13(2)8-10-19-11-9-15(17(5,6)12-19)18(7)16(20)14(3)4/h13-15H,8-12H2,1-7H3/t15-/m0/s1. The first-order valence-electron chi connectivity index (χ1n) is 8.14. The minimum absolute atomic E-state index is 0.0924. The van der Waals surface area contributed by atoms with Crippen LogP contribution in [0.1, 0.15) is 54.4 Å². The van der Waals surface area contributed by atoms with Crippen LogP contribution in [-0.2, 0) is 4.79 Å². The Morgan fingerprint density at radius 1 is 1.30 bits per heavy atom. The van der Waals surface area contributed by atoms with E-state index >= 15 is 0 Å². The zero-order valence-corrected chi connectivity index (χ0v) is 14.6. The molecule has 1 fully saturated rings. The van der Waals surface area contributed by atoms with Crippen molar-refractivity contribution in [1.82, 2.24) is 9.80 Å². The molecule has 1 atom stereocenters. The van der Waals surface area contributed by atoms with Crippen LogP contribution in [0.2, 0.25) is 0 Å². The molecule has 0 aromatic heterocycles. The quantitative estimate of drug-likeness (QED) is 0.773. The summed E-state index contributed by atoms with van der Waals surface area (Å²) in [6, 6.07) is 0.368. The van der Waals surface area contributed by atoms with Gasteiger partial charge in [0.1, 0.15) is 0 Å². The summed E-state index contributed by atoms with van der Waals surface area (Å²) in [5.41, 5.74) is 0.175. The number of nitrogens with zero attached hydrogens (tertiary/aromatic N) is 2. The van der Waals surface area contributed by atoms with E-state index in [1.165, 1.54) is 13.0 Å². The molecule has 0 bridgehead atoms. The first-order valence-corrected chi connectivity index (χ1v) is 8.14. The average molecular weight is 282 g/mol. The van der Waals surface area contributed by atoms with Crippen molar-refractivity contribution in [1.29, 1.82) is 0 Å². The Kier molecular flexibility index (Phi) is 6.06. The van der Waals surface area contributed by atoms with E-state index in [0.29, 0.717) is 6.04 Å². The van der Waals surface area contributed by atoms with Gasteiger partial charge in [0.25, 0.3) is 0 Å². The average Bonchev–Trinajstić information content (AvgIpc) is 2.33. The summed E-state index contributed by atoms with van der Waals surface area (Å²) in [6.07, 6.45) is 2.36. The SMILES string of the molecule is CC(C)CCN1CC[C@H](N(C)C(=O)C(C)C)C(C)(C)C1. The third-order valence-electron chi connectivity index (χ3n) is 4.58. The molecule has 0 spiro atoms. The summed E-state index contributed by atoms with van der Waals surface area (Å²) in [6.45, 7) is 16.6. The van der Waals surface area contributed by atoms with Crippen molar-refractivity contribution in [3.05, 3.63) is 0 Å². The largest absolute Gasteiger partial charge is 0.342 e. The van der Waals surface area contributed by atoms with Crippen molar-refractivity contribution >= 4 is 5.91 Å². The predicted molar refractivity (Wildman–Crippen MR) is 85.7 cm³/mol. The molecule has 0 aliphatic carbocycles. The fourth-order valence-electron chi connectivity index (χ4n) is 3.37. The maximum atomic E-state index is 12.2. The van der Waals surface area contributed by atoms with Gasteiger partial charge in [0.15, 0.2) is 0 Å². The highest BCUT2D eigenvalue weighted by molar-refractivity contribution is 5.78. The van der Waals surface area contributed by atoms with E-state index in [1.807, 2.05) is 25.8 Å². The second-order valence-corrected chi connectivity index (χ2v) is 7.86. The molecule has 1 amide bonds. The van der Waals surface area contributed by atoms with Crippen molar-refractivity contribution in [2.75, 3.05) is 26.7 Å². The van der Waals surface area contributed by atoms with Gasteiger partial charge in [-0.2, -0.15) is 0 Å². The Bertz CT molecular complexity index is 323. The van der Waals surface area contributed by atoms with E-state index in [9.17, 15) is 4.79 Å². The van der Waals surface area contributed by atoms with Gasteiger partial charge in [-0.1, -0.05) is 41.5 Å². The van der Waals surface area contributed by atoms with Gasteiger partial charge in [0.05, 0.1) is 0 Å². The molecule has 0 radical (unpaired) electrons. The minimum Gasteiger partial charge on any atom is -0.342 e. The fraction of sp³-hybridized carbons (Fsp3) is 0.941. The lowest BCUT2D eigenvalue weighted by atomic mass is 9.78. The predicted octanol–water partition coefficient (Wildman–Crippen LogP) is 3.25. The molecule has 0 unspecified atom stereocenters. The van der Waals surface area contributed by atoms with Crippen molar-refractivity contribution in [3.63, 3.8) is 0 Å². The van der Waals surface area contributed by atoms with E-state index < -0.39 is 0 Å². The van der Waals surface area contributed by atoms with Gasteiger partial charge in [-0.05, 0) is 30.7 Å². The van der Waals surface area contributed by atoms with Gasteiger partial charge in [0.2, 0.25) is 5.91 Å². The number of hydrogen-bond donors (Lipinski definition) is 0. The molecule has 20 heavy (non-hydrogen) atoms. The van der Waals surface area contributed by atoms with E-state index in [-0.39, 0.29) is 17.2 Å². The smallest absolute Gasteiger partial charge is 0.225 e. The number of piperidine rings is 1. The maximum absolute atomic E-state index is 12.2. The molecule has 0 aromatic carbocycles. The van der Waals surface area contributed by atoms with Crippen LogP contribution in [0.4, 0.5) is 0 Å². The Hall–Kier alpha value is -0.570. The molecule has 1 aliphatic heterocycles. The molecule has 3 heteroatoms. The molecule has 118 valence electrons. The second-order valence-electron chi connectivity index (χ2n) is 7.86. The Morgan fingerprint density at radius 2 is 1.90 bits per heavy atom. The van der Waals surface area contributed by atoms with Gasteiger partial charge in [-0.15, -0.1) is 0 Å². The summed E-state index contributed by atoms with van der Waals surface area (Å²) >= 11 is 0. The normalized spacial score (nSPS) is 23.4. The number of amides is 1. The van der Waals surface area contributed by atoms with Gasteiger partial charge in [-0.25, -0.2) is 0 Å². The van der Waals surface area contributed by atoms with Crippen LogP contribution in [0.15, 0.2) is 0 Å². The number of rotatable bonds is 5. The molecular formula is C17H34N2O. The summed E-state index contributed by atoms with van der Waals surface area (Å²) in [7, 11) is 1.98. The summed E-state index contributed by atoms with van der Waals surface area (Å²) in [4.78, 5) is 16.8. The molecule has 1 heterocycles. The monoisotopic (exact) mass is 282 g/mol. The molecule has 0 aromatic rings. The third-order valence-corrected chi connectivity index (χ3v) is 4.58. The number of likely N-dealkylation sites (tertiary alicyclic amines) is 1. The highest BCUT2D eigenvalue weighted by atomic mass is 16.2. The van der Waals surface area contributed by atoms with Crippen molar-refractivity contribution in [3.8, 4) is 0 Å². The van der Waals surface area contributed by atoms with Crippen LogP contribution in [0.5, 0.6) is 0 Å². The lowest BCUT2D eigenvalue weighted by Gasteiger charge is -2.48. The van der Waals surface area contributed by atoms with E-state index in [4.69, 9.17) is 0 Å². The van der Waals surface area contributed by atoms with Crippen molar-refractivity contribution in [2.45, 2.75) is 60.4 Å². The molecule has 0 N–H and O–H groups in total. The van der Waals surface area contributed by atoms with E-state index in [0.717, 1.165) is 25.4 Å². The maximum Gasteiger partial charge on any atom is 0.225 e. The number of carbonyl (C=O) groups excluding carboxylic acids is 1. The van der Waals surface area contributed by atoms with Gasteiger partial charge >= 0.3 is 0 Å². The topological polar surface area (TPSA) is 23.6 Å². The lowest BCUT2D eigenvalue weighted by Crippen LogP contribution is -2.56. The Labute approximate surface area is 125 Å². The van der Waals surface area contributed by atoms with Crippen molar-refractivity contribution < 1.29 is 4.79 Å². The first-order chi connectivity index (χ1) is 9.15. The lowest BCUT2D eigenvalue weighted by molar-refractivity contribution is -0.139. The Morgan fingerprint density at radius 3 is 2.35 bits per heavy atom. The Balaban J connectivity index is 2.63. The van der Waals surface area contributed by atoms with Crippen LogP contribution in [0.3, 0.4) is 0 Å². The van der Waals surface area contributed by atoms with Crippen molar-refractivity contribution in [2.24, 2.45) is 17.3 Å². The third kappa shape index (κ3) is 4.47. The van der Waals surface area contributed by atoms with Crippen LogP contribution in [0, 0.1) is 17.3 Å². The zero-order chi connectivity index (χ0) is 15.5. The summed E-state index contributed by atoms with van der Waals surface area (Å²) < 4.78 is 0. The highest BCUT2D eigenvalue weighted by Gasteiger charge is 2.39. The fourth-order valence-corrected chi connectivity index (χ4v) is 3.37. The second kappa shape index (κ2) is 6.93. The van der Waals surface area contributed by atoms with Gasteiger partial charge in [-0.3, -0.25) is 4.79 Å². The number of carbonyl (C=O) groups is 1. The summed E-state index contributed by atoms with van der Waals surface area (Å²) in [5, 5.41) is 0. The molecule has 1 aliphatic rings. The molecular weight excluding hydrogens is 248 g/mol. The molecule has 3 nitrogen and oxygen atoms in total. The van der Waals surface area contributed by atoms with Crippen LogP contribution in [0.25, 0.3) is 0 Å². The first kappa shape index (κ1) is 17.5. The highest BCUT2D eigenvalue weighted by Crippen LogP contribution is 2.33. The summed E-state index contributed by atoms with van der Waals surface area (Å²) in [5.74, 6) is 1.13. The molecule has 1 saturated heterocycles. The van der Waals surface area contributed by atoms with Crippen LogP contribution in [-0.4, -0.2) is 48.4 Å². The zero-order valence-electron chi connectivity index (χ0n) is 14.6. The van der Waals surface area contributed by atoms with E-state index in [1.54, 1.807) is 0 Å². The molecule has 0 saturated carbocycles. The molecule has 1 rings (SSSR count). The van der Waals surface area contributed by atoms with E-state index in [2.05, 4.69) is 32.6 Å². The van der Waals surface area contributed by atoms with Crippen LogP contribution < -0.4 is 0 Å². The van der Waals surface area contributed by atoms with Crippen LogP contribution >= 0.6 is 0 Å². The number of hydrogen-bond acceptors (Lipinski definition) is 2.